The molecule has 0 heterocycles. The standard InChI is InChI=1S/C11H21NOSi/c1-11(10-12-13)8-6-5-7-9-14(2,3)4/h10-11,13H,5-6,8H2,1-4H3/b12-10+. The van der Waals surface area contributed by atoms with Gasteiger partial charge in [0.1, 0.15) is 8.07 Å². The van der Waals surface area contributed by atoms with E-state index in [0.717, 1.165) is 19.3 Å². The Balaban J connectivity index is 3.60. The van der Waals surface area contributed by atoms with Gasteiger partial charge in [-0.1, -0.05) is 26.6 Å². The first-order valence-electron chi connectivity index (χ1n) is 5.13. The van der Waals surface area contributed by atoms with E-state index in [1.165, 1.54) is 0 Å². The van der Waals surface area contributed by atoms with E-state index in [1.54, 1.807) is 6.21 Å². The van der Waals surface area contributed by atoms with Gasteiger partial charge in [0, 0.05) is 12.6 Å². The van der Waals surface area contributed by atoms with E-state index >= 15 is 0 Å². The van der Waals surface area contributed by atoms with Crippen molar-refractivity contribution in [1.82, 2.24) is 0 Å². The van der Waals surface area contributed by atoms with Gasteiger partial charge in [-0.3, -0.25) is 0 Å². The summed E-state index contributed by atoms with van der Waals surface area (Å²) in [6, 6.07) is 0. The molecule has 0 saturated heterocycles. The van der Waals surface area contributed by atoms with Crippen LogP contribution in [0.4, 0.5) is 0 Å². The number of nitrogens with zero attached hydrogens (tertiary/aromatic N) is 1. The maximum absolute atomic E-state index is 8.29. The molecule has 0 aromatic carbocycles. The third-order valence-corrected chi connectivity index (χ3v) is 2.67. The normalized spacial score (nSPS) is 13.7. The van der Waals surface area contributed by atoms with Gasteiger partial charge in [-0.25, -0.2) is 0 Å². The molecule has 0 aliphatic heterocycles. The fourth-order valence-electron chi connectivity index (χ4n) is 1.03. The van der Waals surface area contributed by atoms with Crippen LogP contribution in [0.3, 0.4) is 0 Å². The third kappa shape index (κ3) is 9.34. The van der Waals surface area contributed by atoms with Crippen molar-refractivity contribution in [2.75, 3.05) is 0 Å². The molecule has 0 spiro atoms. The van der Waals surface area contributed by atoms with E-state index in [0.29, 0.717) is 5.92 Å². The van der Waals surface area contributed by atoms with E-state index < -0.39 is 8.07 Å². The lowest BCUT2D eigenvalue weighted by atomic mass is 10.1. The molecule has 2 nitrogen and oxygen atoms in total. The maximum atomic E-state index is 8.29. The van der Waals surface area contributed by atoms with Crippen LogP contribution >= 0.6 is 0 Å². The molecule has 80 valence electrons. The summed E-state index contributed by atoms with van der Waals surface area (Å²) in [5.74, 6) is 3.58. The van der Waals surface area contributed by atoms with Crippen molar-refractivity contribution in [3.63, 3.8) is 0 Å². The molecule has 0 radical (unpaired) electrons. The van der Waals surface area contributed by atoms with Gasteiger partial charge in [0.25, 0.3) is 0 Å². The molecule has 0 aromatic heterocycles. The largest absolute Gasteiger partial charge is 0.411 e. The van der Waals surface area contributed by atoms with Crippen molar-refractivity contribution in [1.29, 1.82) is 0 Å². The van der Waals surface area contributed by atoms with Crippen molar-refractivity contribution in [3.05, 3.63) is 0 Å². The molecule has 1 unspecified atom stereocenters. The van der Waals surface area contributed by atoms with E-state index in [9.17, 15) is 0 Å². The van der Waals surface area contributed by atoms with Gasteiger partial charge >= 0.3 is 0 Å². The van der Waals surface area contributed by atoms with Gasteiger partial charge in [0.2, 0.25) is 0 Å². The SMILES string of the molecule is CC(/C=N/O)CCCC#C[Si](C)(C)C. The van der Waals surface area contributed by atoms with Gasteiger partial charge in [0.05, 0.1) is 0 Å². The summed E-state index contributed by atoms with van der Waals surface area (Å²) in [6.45, 7) is 8.80. The number of unbranched alkanes of at least 4 members (excludes halogenated alkanes) is 1. The average molecular weight is 211 g/mol. The van der Waals surface area contributed by atoms with Gasteiger partial charge in [-0.15, -0.1) is 16.6 Å². The fourth-order valence-corrected chi connectivity index (χ4v) is 1.68. The van der Waals surface area contributed by atoms with Crippen molar-refractivity contribution in [2.24, 2.45) is 11.1 Å². The monoisotopic (exact) mass is 211 g/mol. The number of oxime groups is 1. The summed E-state index contributed by atoms with van der Waals surface area (Å²) >= 11 is 0. The van der Waals surface area contributed by atoms with E-state index in [-0.39, 0.29) is 0 Å². The van der Waals surface area contributed by atoms with Crippen LogP contribution in [0.25, 0.3) is 0 Å². The van der Waals surface area contributed by atoms with Gasteiger partial charge < -0.3 is 5.21 Å². The molecule has 0 bridgehead atoms. The van der Waals surface area contributed by atoms with Crippen molar-refractivity contribution in [3.8, 4) is 11.5 Å². The summed E-state index contributed by atoms with van der Waals surface area (Å²) in [7, 11) is -1.18. The summed E-state index contributed by atoms with van der Waals surface area (Å²) in [5, 5.41) is 11.3. The van der Waals surface area contributed by atoms with E-state index in [4.69, 9.17) is 5.21 Å². The second-order valence-corrected chi connectivity index (χ2v) is 9.44. The molecular weight excluding hydrogens is 190 g/mol. The molecule has 3 heteroatoms. The Hall–Kier alpha value is -0.753. The molecule has 1 N–H and O–H groups in total. The minimum absolute atomic E-state index is 0.355. The molecule has 1 atom stereocenters. The summed E-state index contributed by atoms with van der Waals surface area (Å²) < 4.78 is 0. The molecular formula is C11H21NOSi. The van der Waals surface area contributed by atoms with Crippen LogP contribution < -0.4 is 0 Å². The van der Waals surface area contributed by atoms with Crippen molar-refractivity contribution >= 4 is 14.3 Å². The van der Waals surface area contributed by atoms with Gasteiger partial charge in [-0.2, -0.15) is 0 Å². The highest BCUT2D eigenvalue weighted by molar-refractivity contribution is 6.83. The quantitative estimate of drug-likeness (QED) is 0.190. The lowest BCUT2D eigenvalue weighted by molar-refractivity contribution is 0.318. The van der Waals surface area contributed by atoms with Crippen LogP contribution in [0.5, 0.6) is 0 Å². The molecule has 14 heavy (non-hydrogen) atoms. The van der Waals surface area contributed by atoms with Crippen LogP contribution in [-0.2, 0) is 0 Å². The first kappa shape index (κ1) is 13.2. The van der Waals surface area contributed by atoms with Crippen LogP contribution in [0.1, 0.15) is 26.2 Å². The first-order valence-corrected chi connectivity index (χ1v) is 8.63. The van der Waals surface area contributed by atoms with Crippen molar-refractivity contribution in [2.45, 2.75) is 45.8 Å². The van der Waals surface area contributed by atoms with Crippen LogP contribution in [0.2, 0.25) is 19.6 Å². The minimum Gasteiger partial charge on any atom is -0.411 e. The van der Waals surface area contributed by atoms with Crippen LogP contribution in [0.15, 0.2) is 5.16 Å². The maximum Gasteiger partial charge on any atom is 0.129 e. The highest BCUT2D eigenvalue weighted by Gasteiger charge is 2.06. The Morgan fingerprint density at radius 3 is 2.57 bits per heavy atom. The summed E-state index contributed by atoms with van der Waals surface area (Å²) in [4.78, 5) is 0. The summed E-state index contributed by atoms with van der Waals surface area (Å²) in [6.07, 6.45) is 4.68. The lowest BCUT2D eigenvalue weighted by Crippen LogP contribution is -2.16. The Morgan fingerprint density at radius 1 is 1.43 bits per heavy atom. The Kier molecular flexibility index (Phi) is 6.31. The zero-order chi connectivity index (χ0) is 11.0. The highest BCUT2D eigenvalue weighted by atomic mass is 28.3. The second kappa shape index (κ2) is 6.66. The first-order chi connectivity index (χ1) is 6.45. The zero-order valence-electron chi connectivity index (χ0n) is 9.67. The van der Waals surface area contributed by atoms with Crippen LogP contribution in [-0.4, -0.2) is 19.5 Å². The molecule has 0 aliphatic rings. The lowest BCUT2D eigenvalue weighted by Gasteiger charge is -2.04. The smallest absolute Gasteiger partial charge is 0.129 e. The topological polar surface area (TPSA) is 32.6 Å². The number of hydrogen-bond acceptors (Lipinski definition) is 2. The fraction of sp³-hybridized carbons (Fsp3) is 0.727. The minimum atomic E-state index is -1.18. The molecule has 0 aliphatic carbocycles. The van der Waals surface area contributed by atoms with Crippen molar-refractivity contribution < 1.29 is 5.21 Å². The molecule has 0 rings (SSSR count). The number of hydrogen-bond donors (Lipinski definition) is 1. The van der Waals surface area contributed by atoms with Gasteiger partial charge in [0.15, 0.2) is 0 Å². The molecule has 0 fully saturated rings. The second-order valence-electron chi connectivity index (χ2n) is 4.69. The highest BCUT2D eigenvalue weighted by Crippen LogP contribution is 2.05. The third-order valence-electron chi connectivity index (χ3n) is 1.75. The Morgan fingerprint density at radius 2 is 2.07 bits per heavy atom. The predicted octanol–water partition coefficient (Wildman–Crippen LogP) is 3.13. The molecule has 0 aromatic rings. The molecule has 0 amide bonds. The Bertz CT molecular complexity index is 232. The Labute approximate surface area is 88.4 Å². The summed E-state index contributed by atoms with van der Waals surface area (Å²) in [5.41, 5.74) is 3.33. The molecule has 0 saturated carbocycles. The van der Waals surface area contributed by atoms with Gasteiger partial charge in [-0.05, 0) is 18.8 Å². The van der Waals surface area contributed by atoms with E-state index in [1.807, 2.05) is 6.92 Å². The van der Waals surface area contributed by atoms with Crippen LogP contribution in [0, 0.1) is 17.4 Å². The zero-order valence-corrected chi connectivity index (χ0v) is 10.7. The average Bonchev–Trinajstić information content (AvgIpc) is 2.02. The number of rotatable bonds is 4. The van der Waals surface area contributed by atoms with E-state index in [2.05, 4.69) is 36.3 Å². The predicted molar refractivity (Wildman–Crippen MR) is 64.4 cm³/mol.